The molecule has 1 aromatic carbocycles. The van der Waals surface area contributed by atoms with Gasteiger partial charge in [-0.2, -0.15) is 0 Å². The van der Waals surface area contributed by atoms with E-state index in [0.717, 1.165) is 10.6 Å². The molecule has 0 spiro atoms. The minimum atomic E-state index is -0.602. The van der Waals surface area contributed by atoms with E-state index < -0.39 is 16.3 Å². The third-order valence-electron chi connectivity index (χ3n) is 3.42. The highest BCUT2D eigenvalue weighted by Crippen LogP contribution is 2.28. The predicted octanol–water partition coefficient (Wildman–Crippen LogP) is 0.628. The summed E-state index contributed by atoms with van der Waals surface area (Å²) in [7, 11) is 0. The lowest BCUT2D eigenvalue weighted by Crippen LogP contribution is -2.22. The minimum Gasteiger partial charge on any atom is -0.285 e. The van der Waals surface area contributed by atoms with Crippen molar-refractivity contribution in [3.05, 3.63) is 62.6 Å². The lowest BCUT2D eigenvalue weighted by molar-refractivity contribution is -0.384. The first kappa shape index (κ1) is 12.3. The molecule has 3 aromatic rings. The van der Waals surface area contributed by atoms with Crippen LogP contribution in [0.4, 0.5) is 5.69 Å². The Morgan fingerprint density at radius 2 is 2.05 bits per heavy atom. The van der Waals surface area contributed by atoms with Gasteiger partial charge in [-0.25, -0.2) is 15.0 Å². The van der Waals surface area contributed by atoms with Gasteiger partial charge in [-0.05, 0) is 6.07 Å². The van der Waals surface area contributed by atoms with Crippen LogP contribution in [0.5, 0.6) is 0 Å². The van der Waals surface area contributed by atoms with Crippen molar-refractivity contribution in [2.45, 2.75) is 0 Å². The Bertz CT molecular complexity index is 1060. The molecule has 0 fully saturated rings. The first-order chi connectivity index (χ1) is 10.6. The van der Waals surface area contributed by atoms with Crippen molar-refractivity contribution < 1.29 is 9.72 Å². The zero-order chi connectivity index (χ0) is 15.4. The number of benzene rings is 1. The summed E-state index contributed by atoms with van der Waals surface area (Å²) in [6.45, 7) is 0. The predicted molar refractivity (Wildman–Crippen MR) is 73.0 cm³/mol. The van der Waals surface area contributed by atoms with Gasteiger partial charge < -0.3 is 0 Å². The number of carbonyl (C=O) groups is 1. The number of non-ortho nitro benzene ring substituents is 1. The van der Waals surface area contributed by atoms with Crippen LogP contribution in [-0.4, -0.2) is 30.2 Å². The molecule has 0 saturated heterocycles. The second-order valence-electron chi connectivity index (χ2n) is 4.62. The molecule has 0 radical (unpaired) electrons. The fourth-order valence-corrected chi connectivity index (χ4v) is 2.45. The van der Waals surface area contributed by atoms with Crippen molar-refractivity contribution in [1.82, 2.24) is 19.5 Å². The number of ketones is 1. The third kappa shape index (κ3) is 1.44. The number of nitrogens with zero attached hydrogens (tertiary/aromatic N) is 5. The monoisotopic (exact) mass is 295 g/mol. The number of rotatable bonds is 1. The number of nitro benzene ring substituents is 1. The maximum absolute atomic E-state index is 12.5. The van der Waals surface area contributed by atoms with Gasteiger partial charge in [0.15, 0.2) is 11.3 Å². The van der Waals surface area contributed by atoms with Crippen molar-refractivity contribution in [2.24, 2.45) is 0 Å². The largest absolute Gasteiger partial charge is 0.285 e. The Labute approximate surface area is 121 Å². The Morgan fingerprint density at radius 1 is 1.23 bits per heavy atom. The zero-order valence-corrected chi connectivity index (χ0v) is 10.8. The van der Waals surface area contributed by atoms with Crippen LogP contribution in [-0.2, 0) is 0 Å². The molecule has 0 bridgehead atoms. The van der Waals surface area contributed by atoms with Crippen LogP contribution in [0, 0.1) is 10.1 Å². The standard InChI is InChI=1S/C13H5N5O4/c19-11-7-3-6(18(21)22)1-2-9(7)17-12(11)16-8-4-14-5-15-10(8)13(17)20/h1-5H. The number of nitro groups is 1. The molecule has 22 heavy (non-hydrogen) atoms. The summed E-state index contributed by atoms with van der Waals surface area (Å²) in [6, 6.07) is 3.73. The summed E-state index contributed by atoms with van der Waals surface area (Å²) in [5, 5.41) is 10.8. The average Bonchev–Trinajstić information content (AvgIpc) is 2.80. The fourth-order valence-electron chi connectivity index (χ4n) is 2.45. The van der Waals surface area contributed by atoms with Gasteiger partial charge in [0.25, 0.3) is 11.2 Å². The first-order valence-electron chi connectivity index (χ1n) is 6.14. The second kappa shape index (κ2) is 4.01. The van der Waals surface area contributed by atoms with E-state index in [9.17, 15) is 19.7 Å². The van der Waals surface area contributed by atoms with E-state index in [1.165, 1.54) is 24.7 Å². The highest BCUT2D eigenvalue weighted by atomic mass is 16.6. The van der Waals surface area contributed by atoms with Crippen LogP contribution < -0.4 is 5.56 Å². The molecule has 2 aromatic heterocycles. The van der Waals surface area contributed by atoms with E-state index in [4.69, 9.17) is 0 Å². The molecule has 106 valence electrons. The van der Waals surface area contributed by atoms with Gasteiger partial charge in [0, 0.05) is 12.1 Å². The van der Waals surface area contributed by atoms with Crippen molar-refractivity contribution in [3.8, 4) is 5.69 Å². The molecule has 1 aliphatic rings. The van der Waals surface area contributed by atoms with Gasteiger partial charge in [0.05, 0.1) is 22.4 Å². The number of hydrogen-bond donors (Lipinski definition) is 0. The topological polar surface area (TPSA) is 121 Å². The fraction of sp³-hybridized carbons (Fsp3) is 0. The summed E-state index contributed by atoms with van der Waals surface area (Å²) < 4.78 is 1.12. The van der Waals surface area contributed by atoms with E-state index in [1.54, 1.807) is 0 Å². The molecular weight excluding hydrogens is 290 g/mol. The van der Waals surface area contributed by atoms with Crippen molar-refractivity contribution in [1.29, 1.82) is 0 Å². The van der Waals surface area contributed by atoms with Crippen LogP contribution >= 0.6 is 0 Å². The molecule has 0 atom stereocenters. The summed E-state index contributed by atoms with van der Waals surface area (Å²) >= 11 is 0. The van der Waals surface area contributed by atoms with Gasteiger partial charge in [0.2, 0.25) is 5.78 Å². The SMILES string of the molecule is O=C1c2cc([N+](=O)[O-])ccc2-n2c1nc1cncnc1c2=O. The molecule has 0 aliphatic carbocycles. The molecule has 0 unspecified atom stereocenters. The Kier molecular flexibility index (Phi) is 2.23. The number of carbonyl (C=O) groups excluding carboxylic acids is 1. The van der Waals surface area contributed by atoms with Crippen LogP contribution in [0.1, 0.15) is 16.2 Å². The third-order valence-corrected chi connectivity index (χ3v) is 3.42. The molecule has 1 aliphatic heterocycles. The number of hydrogen-bond acceptors (Lipinski definition) is 7. The lowest BCUT2D eigenvalue weighted by Gasteiger charge is -2.04. The molecule has 9 nitrogen and oxygen atoms in total. The van der Waals surface area contributed by atoms with E-state index in [-0.39, 0.29) is 33.8 Å². The van der Waals surface area contributed by atoms with Gasteiger partial charge in [-0.1, -0.05) is 0 Å². The molecule has 4 rings (SSSR count). The highest BCUT2D eigenvalue weighted by molar-refractivity contribution is 6.13. The van der Waals surface area contributed by atoms with Crippen molar-refractivity contribution in [2.75, 3.05) is 0 Å². The minimum absolute atomic E-state index is 0.0714. The summed E-state index contributed by atoms with van der Waals surface area (Å²) in [5.41, 5.74) is -0.113. The maximum Gasteiger partial charge on any atom is 0.285 e. The van der Waals surface area contributed by atoms with Crippen molar-refractivity contribution in [3.63, 3.8) is 0 Å². The molecular formula is C13H5N5O4. The van der Waals surface area contributed by atoms with Gasteiger partial charge in [-0.15, -0.1) is 0 Å². The van der Waals surface area contributed by atoms with E-state index in [1.807, 2.05) is 0 Å². The Hall–Kier alpha value is -3.49. The highest BCUT2D eigenvalue weighted by Gasteiger charge is 2.32. The number of aromatic nitrogens is 4. The van der Waals surface area contributed by atoms with Crippen LogP contribution in [0.3, 0.4) is 0 Å². The van der Waals surface area contributed by atoms with Crippen LogP contribution in [0.2, 0.25) is 0 Å². The Balaban J connectivity index is 2.10. The average molecular weight is 295 g/mol. The zero-order valence-electron chi connectivity index (χ0n) is 10.8. The van der Waals surface area contributed by atoms with Crippen molar-refractivity contribution >= 4 is 22.5 Å². The first-order valence-corrected chi connectivity index (χ1v) is 6.14. The summed E-state index contributed by atoms with van der Waals surface area (Å²) in [5.74, 6) is -0.635. The van der Waals surface area contributed by atoms with E-state index in [2.05, 4.69) is 15.0 Å². The smallest absolute Gasteiger partial charge is 0.285 e. The lowest BCUT2D eigenvalue weighted by atomic mass is 10.1. The summed E-state index contributed by atoms with van der Waals surface area (Å²) in [6.07, 6.45) is 2.55. The maximum atomic E-state index is 12.5. The Morgan fingerprint density at radius 3 is 2.82 bits per heavy atom. The van der Waals surface area contributed by atoms with Crippen LogP contribution in [0.15, 0.2) is 35.5 Å². The van der Waals surface area contributed by atoms with Gasteiger partial charge in [0.1, 0.15) is 11.8 Å². The molecule has 0 amide bonds. The van der Waals surface area contributed by atoms with E-state index in [0.29, 0.717) is 0 Å². The quantitative estimate of drug-likeness (QED) is 0.373. The molecule has 0 N–H and O–H groups in total. The van der Waals surface area contributed by atoms with Gasteiger partial charge >= 0.3 is 0 Å². The second-order valence-corrected chi connectivity index (χ2v) is 4.62. The summed E-state index contributed by atoms with van der Waals surface area (Å²) in [4.78, 5) is 46.8. The van der Waals surface area contributed by atoms with Crippen LogP contribution in [0.25, 0.3) is 16.7 Å². The number of fused-ring (bicyclic) bond motifs is 4. The van der Waals surface area contributed by atoms with Gasteiger partial charge in [-0.3, -0.25) is 24.3 Å². The molecule has 9 heteroatoms. The normalized spacial score (nSPS) is 12.3. The van der Waals surface area contributed by atoms with E-state index >= 15 is 0 Å². The molecule has 0 saturated carbocycles. The molecule has 3 heterocycles.